The summed E-state index contributed by atoms with van der Waals surface area (Å²) in [6, 6.07) is 0. The molecule has 0 radical (unpaired) electrons. The van der Waals surface area contributed by atoms with Gasteiger partial charge in [0, 0.05) is 18.7 Å². The summed E-state index contributed by atoms with van der Waals surface area (Å²) in [7, 11) is 0. The molecule has 0 saturated heterocycles. The van der Waals surface area contributed by atoms with Crippen LogP contribution in [-0.2, 0) is 0 Å². The van der Waals surface area contributed by atoms with E-state index in [9.17, 15) is 0 Å². The maximum atomic E-state index is 4.58. The van der Waals surface area contributed by atoms with Gasteiger partial charge in [-0.05, 0) is 44.9 Å². The Bertz CT molecular complexity index is 450. The van der Waals surface area contributed by atoms with Gasteiger partial charge in [-0.25, -0.2) is 9.97 Å². The number of anilines is 2. The summed E-state index contributed by atoms with van der Waals surface area (Å²) in [5.41, 5.74) is 1.14. The first-order chi connectivity index (χ1) is 10.1. The smallest absolute Gasteiger partial charge is 0.134 e. The summed E-state index contributed by atoms with van der Waals surface area (Å²) < 4.78 is 0. The quantitative estimate of drug-likeness (QED) is 0.826. The highest BCUT2D eigenvalue weighted by molar-refractivity contribution is 5.57. The Labute approximate surface area is 129 Å². The minimum Gasteiger partial charge on any atom is -0.370 e. The highest BCUT2D eigenvalue weighted by Gasteiger charge is 2.18. The summed E-state index contributed by atoms with van der Waals surface area (Å²) in [6.07, 6.45) is 6.54. The van der Waals surface area contributed by atoms with Crippen LogP contribution in [0, 0.1) is 25.7 Å². The van der Waals surface area contributed by atoms with E-state index in [1.807, 2.05) is 6.92 Å². The molecule has 2 rings (SSSR count). The number of nitrogens with zero attached hydrogens (tertiary/aromatic N) is 2. The van der Waals surface area contributed by atoms with Crippen LogP contribution < -0.4 is 10.6 Å². The summed E-state index contributed by atoms with van der Waals surface area (Å²) in [6.45, 7) is 10.6. The molecule has 0 atom stereocenters. The molecule has 4 heteroatoms. The summed E-state index contributed by atoms with van der Waals surface area (Å²) in [4.78, 5) is 9.09. The molecule has 2 N–H and O–H groups in total. The zero-order valence-corrected chi connectivity index (χ0v) is 14.0. The number of rotatable bonds is 6. The van der Waals surface area contributed by atoms with E-state index < -0.39 is 0 Å². The standard InChI is InChI=1S/C17H30N4/c1-5-10-18-16-13(3)17(21-14(4)20-16)19-11-15-8-6-12(2)7-9-15/h12,15H,5-11H2,1-4H3,(H2,18,19,20,21). The minimum absolute atomic E-state index is 0.794. The van der Waals surface area contributed by atoms with Crippen molar-refractivity contribution < 1.29 is 0 Å². The Kier molecular flexibility index (Phi) is 5.83. The zero-order chi connectivity index (χ0) is 15.2. The van der Waals surface area contributed by atoms with E-state index in [0.717, 1.165) is 54.4 Å². The van der Waals surface area contributed by atoms with Crippen LogP contribution in [-0.4, -0.2) is 23.1 Å². The second kappa shape index (κ2) is 7.62. The Morgan fingerprint density at radius 1 is 1.00 bits per heavy atom. The van der Waals surface area contributed by atoms with Crippen LogP contribution in [0.1, 0.15) is 57.3 Å². The van der Waals surface area contributed by atoms with Gasteiger partial charge in [0.05, 0.1) is 0 Å². The van der Waals surface area contributed by atoms with Gasteiger partial charge in [-0.1, -0.05) is 26.7 Å². The van der Waals surface area contributed by atoms with Gasteiger partial charge in [0.1, 0.15) is 17.5 Å². The molecule has 1 aromatic rings. The SMILES string of the molecule is CCCNc1nc(C)nc(NCC2CCC(C)CC2)c1C. The van der Waals surface area contributed by atoms with Crippen molar-refractivity contribution in [2.24, 2.45) is 11.8 Å². The molecule has 0 spiro atoms. The molecule has 0 aliphatic heterocycles. The van der Waals surface area contributed by atoms with E-state index in [0.29, 0.717) is 0 Å². The fraction of sp³-hybridized carbons (Fsp3) is 0.765. The van der Waals surface area contributed by atoms with Crippen LogP contribution in [0.15, 0.2) is 0 Å². The van der Waals surface area contributed by atoms with E-state index in [2.05, 4.69) is 41.4 Å². The van der Waals surface area contributed by atoms with Crippen LogP contribution in [0.2, 0.25) is 0 Å². The molecule has 0 unspecified atom stereocenters. The van der Waals surface area contributed by atoms with Crippen molar-refractivity contribution in [3.63, 3.8) is 0 Å². The van der Waals surface area contributed by atoms with Gasteiger partial charge in [-0.2, -0.15) is 0 Å². The lowest BCUT2D eigenvalue weighted by Crippen LogP contribution is -2.21. The second-order valence-corrected chi connectivity index (χ2v) is 6.53. The summed E-state index contributed by atoms with van der Waals surface area (Å²) in [5.74, 6) is 4.51. The normalized spacial score (nSPS) is 22.1. The first kappa shape index (κ1) is 16.1. The van der Waals surface area contributed by atoms with Gasteiger partial charge < -0.3 is 10.6 Å². The van der Waals surface area contributed by atoms with Gasteiger partial charge in [0.2, 0.25) is 0 Å². The number of hydrogen-bond acceptors (Lipinski definition) is 4. The van der Waals surface area contributed by atoms with Gasteiger partial charge in [-0.15, -0.1) is 0 Å². The van der Waals surface area contributed by atoms with Crippen molar-refractivity contribution >= 4 is 11.6 Å². The molecule has 1 aromatic heterocycles. The van der Waals surface area contributed by atoms with Crippen LogP contribution in [0.5, 0.6) is 0 Å². The highest BCUT2D eigenvalue weighted by Crippen LogP contribution is 2.29. The molecule has 1 fully saturated rings. The Hall–Kier alpha value is -1.32. The predicted octanol–water partition coefficient (Wildman–Crippen LogP) is 4.15. The molecule has 1 aliphatic carbocycles. The van der Waals surface area contributed by atoms with Crippen molar-refractivity contribution in [1.82, 2.24) is 9.97 Å². The number of aryl methyl sites for hydroxylation is 1. The van der Waals surface area contributed by atoms with E-state index in [4.69, 9.17) is 0 Å². The lowest BCUT2D eigenvalue weighted by atomic mass is 9.83. The lowest BCUT2D eigenvalue weighted by Gasteiger charge is -2.26. The highest BCUT2D eigenvalue weighted by atomic mass is 15.1. The average Bonchev–Trinajstić information content (AvgIpc) is 2.48. The van der Waals surface area contributed by atoms with Crippen LogP contribution in [0.3, 0.4) is 0 Å². The third-order valence-corrected chi connectivity index (χ3v) is 4.49. The predicted molar refractivity (Wildman–Crippen MR) is 89.9 cm³/mol. The maximum absolute atomic E-state index is 4.58. The molecular formula is C17H30N4. The number of nitrogens with one attached hydrogen (secondary N) is 2. The Morgan fingerprint density at radius 3 is 2.24 bits per heavy atom. The van der Waals surface area contributed by atoms with Gasteiger partial charge in [0.25, 0.3) is 0 Å². The molecule has 4 nitrogen and oxygen atoms in total. The van der Waals surface area contributed by atoms with Crippen molar-refractivity contribution in [2.75, 3.05) is 23.7 Å². The van der Waals surface area contributed by atoms with Crippen molar-refractivity contribution in [2.45, 2.75) is 59.8 Å². The van der Waals surface area contributed by atoms with Crippen molar-refractivity contribution in [3.8, 4) is 0 Å². The number of hydrogen-bond donors (Lipinski definition) is 2. The Balaban J connectivity index is 1.97. The largest absolute Gasteiger partial charge is 0.370 e. The maximum Gasteiger partial charge on any atom is 0.134 e. The molecule has 1 saturated carbocycles. The molecule has 118 valence electrons. The Morgan fingerprint density at radius 2 is 1.62 bits per heavy atom. The van der Waals surface area contributed by atoms with Crippen LogP contribution in [0.25, 0.3) is 0 Å². The third-order valence-electron chi connectivity index (χ3n) is 4.49. The minimum atomic E-state index is 0.794. The molecule has 21 heavy (non-hydrogen) atoms. The third kappa shape index (κ3) is 4.58. The topological polar surface area (TPSA) is 49.8 Å². The molecular weight excluding hydrogens is 260 g/mol. The first-order valence-corrected chi connectivity index (χ1v) is 8.43. The van der Waals surface area contributed by atoms with Gasteiger partial charge in [-0.3, -0.25) is 0 Å². The van der Waals surface area contributed by atoms with Crippen LogP contribution >= 0.6 is 0 Å². The fourth-order valence-corrected chi connectivity index (χ4v) is 2.99. The molecule has 0 aromatic carbocycles. The molecule has 0 amide bonds. The van der Waals surface area contributed by atoms with Crippen LogP contribution in [0.4, 0.5) is 11.6 Å². The van der Waals surface area contributed by atoms with E-state index in [1.165, 1.54) is 25.7 Å². The average molecular weight is 290 g/mol. The van der Waals surface area contributed by atoms with E-state index in [-0.39, 0.29) is 0 Å². The second-order valence-electron chi connectivity index (χ2n) is 6.53. The van der Waals surface area contributed by atoms with E-state index in [1.54, 1.807) is 0 Å². The van der Waals surface area contributed by atoms with Crippen molar-refractivity contribution in [3.05, 3.63) is 11.4 Å². The lowest BCUT2D eigenvalue weighted by molar-refractivity contribution is 0.300. The monoisotopic (exact) mass is 290 g/mol. The van der Waals surface area contributed by atoms with Gasteiger partial charge >= 0.3 is 0 Å². The van der Waals surface area contributed by atoms with Gasteiger partial charge in [0.15, 0.2) is 0 Å². The molecule has 1 heterocycles. The molecule has 0 bridgehead atoms. The summed E-state index contributed by atoms with van der Waals surface area (Å²) in [5, 5.41) is 6.96. The fourth-order valence-electron chi connectivity index (χ4n) is 2.99. The zero-order valence-electron chi connectivity index (χ0n) is 14.0. The number of aromatic nitrogens is 2. The van der Waals surface area contributed by atoms with Crippen molar-refractivity contribution in [1.29, 1.82) is 0 Å². The molecule has 1 aliphatic rings. The summed E-state index contributed by atoms with van der Waals surface area (Å²) >= 11 is 0. The first-order valence-electron chi connectivity index (χ1n) is 8.43. The van der Waals surface area contributed by atoms with E-state index >= 15 is 0 Å².